The zero-order valence-corrected chi connectivity index (χ0v) is 14.5. The van der Waals surface area contributed by atoms with E-state index < -0.39 is 28.0 Å². The molecule has 0 aromatic heterocycles. The van der Waals surface area contributed by atoms with Crippen LogP contribution in [0.1, 0.15) is 10.4 Å². The molecule has 10 heteroatoms. The molecule has 1 aromatic rings. The molecule has 1 amide bonds. The van der Waals surface area contributed by atoms with Crippen LogP contribution < -0.4 is 5.32 Å². The third-order valence-electron chi connectivity index (χ3n) is 3.73. The summed E-state index contributed by atoms with van der Waals surface area (Å²) < 4.78 is 36.7. The molecule has 1 aromatic carbocycles. The van der Waals surface area contributed by atoms with Gasteiger partial charge < -0.3 is 19.9 Å². The van der Waals surface area contributed by atoms with Crippen molar-refractivity contribution in [1.29, 1.82) is 0 Å². The van der Waals surface area contributed by atoms with E-state index in [0.717, 1.165) is 0 Å². The van der Waals surface area contributed by atoms with E-state index in [2.05, 4.69) is 5.32 Å². The van der Waals surface area contributed by atoms with Crippen LogP contribution in [0.25, 0.3) is 0 Å². The lowest BCUT2D eigenvalue weighted by Crippen LogP contribution is -2.42. The fraction of sp³-hybridized carbons (Fsp3) is 0.467. The molecule has 0 aliphatic carbocycles. The van der Waals surface area contributed by atoms with Crippen molar-refractivity contribution in [2.24, 2.45) is 0 Å². The molecule has 0 spiro atoms. The van der Waals surface area contributed by atoms with E-state index in [1.807, 2.05) is 0 Å². The Morgan fingerprint density at radius 1 is 1.32 bits per heavy atom. The molecule has 138 valence electrons. The van der Waals surface area contributed by atoms with Gasteiger partial charge in [0.1, 0.15) is 0 Å². The summed E-state index contributed by atoms with van der Waals surface area (Å²) in [5.74, 6) is -1.91. The Balaban J connectivity index is 2.22. The van der Waals surface area contributed by atoms with Gasteiger partial charge in [-0.15, -0.1) is 0 Å². The second-order valence-electron chi connectivity index (χ2n) is 5.29. The second-order valence-corrected chi connectivity index (χ2v) is 7.19. The van der Waals surface area contributed by atoms with Crippen LogP contribution in [0.4, 0.5) is 0 Å². The number of amides is 1. The summed E-state index contributed by atoms with van der Waals surface area (Å²) >= 11 is 0. The van der Waals surface area contributed by atoms with Gasteiger partial charge in [-0.2, -0.15) is 4.31 Å². The van der Waals surface area contributed by atoms with Crippen LogP contribution in [0.15, 0.2) is 29.2 Å². The van der Waals surface area contributed by atoms with Crippen molar-refractivity contribution in [1.82, 2.24) is 9.62 Å². The number of rotatable bonds is 7. The number of aliphatic carboxylic acids is 1. The molecule has 1 aliphatic rings. The monoisotopic (exact) mass is 372 g/mol. The first kappa shape index (κ1) is 19.3. The van der Waals surface area contributed by atoms with Gasteiger partial charge >= 0.3 is 5.97 Å². The average molecular weight is 372 g/mol. The Labute approximate surface area is 145 Å². The number of hydrogen-bond acceptors (Lipinski definition) is 6. The van der Waals surface area contributed by atoms with E-state index >= 15 is 0 Å². The van der Waals surface area contributed by atoms with Crippen LogP contribution in [0.2, 0.25) is 0 Å². The number of nitrogens with zero attached hydrogens (tertiary/aromatic N) is 1. The van der Waals surface area contributed by atoms with E-state index in [4.69, 9.17) is 14.6 Å². The molecule has 1 unspecified atom stereocenters. The van der Waals surface area contributed by atoms with Gasteiger partial charge in [0.05, 0.1) is 30.2 Å². The highest BCUT2D eigenvalue weighted by atomic mass is 32.2. The van der Waals surface area contributed by atoms with Crippen LogP contribution in [-0.4, -0.2) is 75.8 Å². The zero-order valence-electron chi connectivity index (χ0n) is 13.7. The zero-order chi connectivity index (χ0) is 18.4. The highest BCUT2D eigenvalue weighted by molar-refractivity contribution is 7.89. The number of ether oxygens (including phenoxy) is 2. The first-order valence-corrected chi connectivity index (χ1v) is 9.02. The lowest BCUT2D eigenvalue weighted by atomic mass is 10.2. The number of carbonyl (C=O) groups excluding carboxylic acids is 1. The molecular weight excluding hydrogens is 352 g/mol. The molecule has 0 bridgehead atoms. The van der Waals surface area contributed by atoms with Gasteiger partial charge in [0.15, 0.2) is 6.10 Å². The number of carbonyl (C=O) groups is 2. The van der Waals surface area contributed by atoms with Crippen LogP contribution >= 0.6 is 0 Å². The molecule has 0 radical (unpaired) electrons. The van der Waals surface area contributed by atoms with E-state index in [-0.39, 0.29) is 30.1 Å². The molecule has 9 nitrogen and oxygen atoms in total. The first-order valence-electron chi connectivity index (χ1n) is 7.58. The minimum Gasteiger partial charge on any atom is -0.479 e. The summed E-state index contributed by atoms with van der Waals surface area (Å²) in [4.78, 5) is 23.2. The fourth-order valence-electron chi connectivity index (χ4n) is 2.36. The summed E-state index contributed by atoms with van der Waals surface area (Å²) in [5.41, 5.74) is -0.0470. The SMILES string of the molecule is COC(CNC(=O)c1ccccc1S(=O)(=O)N1CCOCC1)C(=O)O. The molecule has 1 atom stereocenters. The number of hydrogen-bond donors (Lipinski definition) is 2. The predicted octanol–water partition coefficient (Wildman–Crippen LogP) is -0.463. The predicted molar refractivity (Wildman–Crippen MR) is 86.8 cm³/mol. The van der Waals surface area contributed by atoms with Crippen molar-refractivity contribution in [2.45, 2.75) is 11.0 Å². The topological polar surface area (TPSA) is 122 Å². The Bertz CT molecular complexity index is 729. The molecular formula is C15H20N2O7S. The van der Waals surface area contributed by atoms with Gasteiger partial charge in [0.2, 0.25) is 10.0 Å². The van der Waals surface area contributed by atoms with Gasteiger partial charge in [-0.25, -0.2) is 13.2 Å². The number of nitrogens with one attached hydrogen (secondary N) is 1. The lowest BCUT2D eigenvalue weighted by molar-refractivity contribution is -0.148. The smallest absolute Gasteiger partial charge is 0.334 e. The summed E-state index contributed by atoms with van der Waals surface area (Å²) in [5, 5.41) is 11.3. The molecule has 2 N–H and O–H groups in total. The van der Waals surface area contributed by atoms with Crippen molar-refractivity contribution >= 4 is 21.9 Å². The van der Waals surface area contributed by atoms with Gasteiger partial charge in [0.25, 0.3) is 5.91 Å². The van der Waals surface area contributed by atoms with Crippen molar-refractivity contribution in [3.63, 3.8) is 0 Å². The van der Waals surface area contributed by atoms with Gasteiger partial charge in [-0.1, -0.05) is 12.1 Å². The summed E-state index contributed by atoms with van der Waals surface area (Å²) in [7, 11) is -2.64. The quantitative estimate of drug-likeness (QED) is 0.664. The minimum atomic E-state index is -3.85. The first-order chi connectivity index (χ1) is 11.9. The van der Waals surface area contributed by atoms with Crippen molar-refractivity contribution < 1.29 is 32.6 Å². The largest absolute Gasteiger partial charge is 0.479 e. The van der Waals surface area contributed by atoms with Gasteiger partial charge in [0, 0.05) is 20.2 Å². The molecule has 25 heavy (non-hydrogen) atoms. The summed E-state index contributed by atoms with van der Waals surface area (Å²) in [6.45, 7) is 0.728. The third-order valence-corrected chi connectivity index (χ3v) is 5.68. The lowest BCUT2D eigenvalue weighted by Gasteiger charge is -2.26. The Hall–Kier alpha value is -2.01. The van der Waals surface area contributed by atoms with E-state index in [1.165, 1.54) is 35.7 Å². The van der Waals surface area contributed by atoms with Crippen LogP contribution in [-0.2, 0) is 24.3 Å². The molecule has 2 rings (SSSR count). The molecule has 1 heterocycles. The maximum atomic E-state index is 12.8. The fourth-order valence-corrected chi connectivity index (χ4v) is 3.95. The van der Waals surface area contributed by atoms with E-state index in [0.29, 0.717) is 13.2 Å². The van der Waals surface area contributed by atoms with Crippen molar-refractivity contribution in [2.75, 3.05) is 40.0 Å². The molecule has 0 saturated carbocycles. The minimum absolute atomic E-state index is 0.0470. The number of carboxylic acid groups (broad SMARTS) is 1. The summed E-state index contributed by atoms with van der Waals surface area (Å²) in [6, 6.07) is 5.80. The number of carboxylic acids is 1. The number of morpholine rings is 1. The van der Waals surface area contributed by atoms with E-state index in [9.17, 15) is 18.0 Å². The molecule has 1 saturated heterocycles. The normalized spacial score (nSPS) is 17.0. The molecule has 1 fully saturated rings. The average Bonchev–Trinajstić information content (AvgIpc) is 2.62. The third kappa shape index (κ3) is 4.54. The maximum Gasteiger partial charge on any atom is 0.334 e. The van der Waals surface area contributed by atoms with Crippen molar-refractivity contribution in [3.05, 3.63) is 29.8 Å². The molecule has 1 aliphatic heterocycles. The van der Waals surface area contributed by atoms with Crippen LogP contribution in [0.5, 0.6) is 0 Å². The van der Waals surface area contributed by atoms with Crippen molar-refractivity contribution in [3.8, 4) is 0 Å². The number of sulfonamides is 1. The Kier molecular flexibility index (Phi) is 6.48. The maximum absolute atomic E-state index is 12.8. The highest BCUT2D eigenvalue weighted by Gasteiger charge is 2.30. The second kappa shape index (κ2) is 8.39. The van der Waals surface area contributed by atoms with Crippen LogP contribution in [0, 0.1) is 0 Å². The number of benzene rings is 1. The van der Waals surface area contributed by atoms with Gasteiger partial charge in [-0.3, -0.25) is 4.79 Å². The standard InChI is InChI=1S/C15H20N2O7S/c1-23-12(15(19)20)10-16-14(18)11-4-2-3-5-13(11)25(21,22)17-6-8-24-9-7-17/h2-5,12H,6-10H2,1H3,(H,16,18)(H,19,20). The summed E-state index contributed by atoms with van der Waals surface area (Å²) in [6.07, 6.45) is -1.22. The van der Waals surface area contributed by atoms with Crippen LogP contribution in [0.3, 0.4) is 0 Å². The Morgan fingerprint density at radius 2 is 1.96 bits per heavy atom. The highest BCUT2D eigenvalue weighted by Crippen LogP contribution is 2.21. The Morgan fingerprint density at radius 3 is 2.56 bits per heavy atom. The van der Waals surface area contributed by atoms with Gasteiger partial charge in [-0.05, 0) is 12.1 Å². The van der Waals surface area contributed by atoms with E-state index in [1.54, 1.807) is 0 Å². The number of methoxy groups -OCH3 is 1.